The Morgan fingerprint density at radius 1 is 1.00 bits per heavy atom. The smallest absolute Gasteiger partial charge is 0.246 e. The molecule has 0 saturated carbocycles. The standard InChI is InChI=1S/C10H6N2O/c1-2-4-9-7(3-1)8-5-6-11-12-10(8)13-9/h1-6H. The van der Waals surface area contributed by atoms with Crippen molar-refractivity contribution in [3.8, 4) is 0 Å². The molecule has 13 heavy (non-hydrogen) atoms. The normalized spacial score (nSPS) is 11.1. The molecule has 0 aliphatic heterocycles. The first kappa shape index (κ1) is 6.60. The first-order valence-electron chi connectivity index (χ1n) is 4.04. The van der Waals surface area contributed by atoms with E-state index in [0.29, 0.717) is 5.71 Å². The van der Waals surface area contributed by atoms with Gasteiger partial charge >= 0.3 is 0 Å². The van der Waals surface area contributed by atoms with Crippen molar-refractivity contribution in [1.29, 1.82) is 0 Å². The van der Waals surface area contributed by atoms with Gasteiger partial charge in [0.25, 0.3) is 0 Å². The van der Waals surface area contributed by atoms with Crippen LogP contribution in [0.1, 0.15) is 0 Å². The lowest BCUT2D eigenvalue weighted by Crippen LogP contribution is -1.75. The maximum atomic E-state index is 5.48. The van der Waals surface area contributed by atoms with Crippen LogP contribution < -0.4 is 0 Å². The molecule has 0 fully saturated rings. The van der Waals surface area contributed by atoms with Crippen LogP contribution in [0.5, 0.6) is 0 Å². The molecule has 0 atom stereocenters. The van der Waals surface area contributed by atoms with Crippen LogP contribution >= 0.6 is 0 Å². The Hall–Kier alpha value is -1.90. The van der Waals surface area contributed by atoms with E-state index >= 15 is 0 Å². The second-order valence-corrected chi connectivity index (χ2v) is 2.85. The fraction of sp³-hybridized carbons (Fsp3) is 0. The first-order valence-corrected chi connectivity index (χ1v) is 4.04. The van der Waals surface area contributed by atoms with Gasteiger partial charge in [0.05, 0.1) is 11.6 Å². The highest BCUT2D eigenvalue weighted by molar-refractivity contribution is 6.02. The van der Waals surface area contributed by atoms with E-state index in [4.69, 9.17) is 4.42 Å². The molecule has 0 bridgehead atoms. The summed E-state index contributed by atoms with van der Waals surface area (Å²) in [6.07, 6.45) is 1.67. The molecule has 3 nitrogen and oxygen atoms in total. The summed E-state index contributed by atoms with van der Waals surface area (Å²) in [4.78, 5) is 0. The van der Waals surface area contributed by atoms with Crippen molar-refractivity contribution in [3.63, 3.8) is 0 Å². The van der Waals surface area contributed by atoms with Gasteiger partial charge in [-0.3, -0.25) is 0 Å². The average molecular weight is 170 g/mol. The van der Waals surface area contributed by atoms with E-state index in [9.17, 15) is 0 Å². The van der Waals surface area contributed by atoms with Crippen LogP contribution in [0.2, 0.25) is 0 Å². The van der Waals surface area contributed by atoms with Gasteiger partial charge < -0.3 is 4.42 Å². The van der Waals surface area contributed by atoms with E-state index in [1.165, 1.54) is 0 Å². The van der Waals surface area contributed by atoms with E-state index in [2.05, 4.69) is 10.2 Å². The van der Waals surface area contributed by atoms with Crippen LogP contribution in [0.4, 0.5) is 0 Å². The van der Waals surface area contributed by atoms with Crippen LogP contribution in [0.25, 0.3) is 22.1 Å². The monoisotopic (exact) mass is 170 g/mol. The average Bonchev–Trinajstić information content (AvgIpc) is 2.56. The van der Waals surface area contributed by atoms with Gasteiger partial charge in [-0.05, 0) is 12.1 Å². The SMILES string of the molecule is c1ccc2c(c1)oc1nnccc12. The van der Waals surface area contributed by atoms with Crippen LogP contribution in [0.3, 0.4) is 0 Å². The molecule has 1 aromatic carbocycles. The summed E-state index contributed by atoms with van der Waals surface area (Å²) in [7, 11) is 0. The van der Waals surface area contributed by atoms with E-state index in [0.717, 1.165) is 16.4 Å². The Balaban J connectivity index is 2.64. The lowest BCUT2D eigenvalue weighted by Gasteiger charge is -1.84. The molecule has 0 saturated heterocycles. The Kier molecular flexibility index (Phi) is 1.16. The van der Waals surface area contributed by atoms with Gasteiger partial charge in [0.15, 0.2) is 0 Å². The third kappa shape index (κ3) is 0.839. The molecule has 2 heterocycles. The number of hydrogen-bond acceptors (Lipinski definition) is 3. The summed E-state index contributed by atoms with van der Waals surface area (Å²) < 4.78 is 5.48. The molecule has 3 rings (SSSR count). The van der Waals surface area contributed by atoms with Crippen LogP contribution in [0.15, 0.2) is 40.9 Å². The molecule has 0 spiro atoms. The predicted octanol–water partition coefficient (Wildman–Crippen LogP) is 2.38. The number of para-hydroxylation sites is 1. The number of furan rings is 1. The van der Waals surface area contributed by atoms with E-state index < -0.39 is 0 Å². The number of rotatable bonds is 0. The lowest BCUT2D eigenvalue weighted by molar-refractivity contribution is 0.645. The zero-order chi connectivity index (χ0) is 8.67. The zero-order valence-electron chi connectivity index (χ0n) is 6.77. The van der Waals surface area contributed by atoms with Crippen LogP contribution in [-0.4, -0.2) is 10.2 Å². The highest BCUT2D eigenvalue weighted by Gasteiger charge is 2.05. The molecule has 2 aromatic heterocycles. The largest absolute Gasteiger partial charge is 0.436 e. The van der Waals surface area contributed by atoms with Gasteiger partial charge in [-0.2, -0.15) is 5.10 Å². The van der Waals surface area contributed by atoms with Crippen molar-refractivity contribution < 1.29 is 4.42 Å². The minimum Gasteiger partial charge on any atom is -0.436 e. The molecule has 0 N–H and O–H groups in total. The van der Waals surface area contributed by atoms with Crippen molar-refractivity contribution in [2.45, 2.75) is 0 Å². The van der Waals surface area contributed by atoms with E-state index in [1.54, 1.807) is 6.20 Å². The molecule has 62 valence electrons. The van der Waals surface area contributed by atoms with Crippen molar-refractivity contribution in [2.24, 2.45) is 0 Å². The molecule has 0 aliphatic rings. The van der Waals surface area contributed by atoms with Crippen molar-refractivity contribution >= 4 is 22.1 Å². The predicted molar refractivity (Wildman–Crippen MR) is 49.3 cm³/mol. The summed E-state index contributed by atoms with van der Waals surface area (Å²) in [6.45, 7) is 0. The summed E-state index contributed by atoms with van der Waals surface area (Å²) in [5.74, 6) is 0. The van der Waals surface area contributed by atoms with Crippen LogP contribution in [0, 0.1) is 0 Å². The summed E-state index contributed by atoms with van der Waals surface area (Å²) in [6, 6.07) is 9.78. The molecule has 0 aliphatic carbocycles. The maximum Gasteiger partial charge on any atom is 0.246 e. The minimum atomic E-state index is 0.601. The van der Waals surface area contributed by atoms with Crippen LogP contribution in [-0.2, 0) is 0 Å². The topological polar surface area (TPSA) is 38.9 Å². The Labute approximate surface area is 74.0 Å². The highest BCUT2D eigenvalue weighted by Crippen LogP contribution is 2.25. The number of fused-ring (bicyclic) bond motifs is 3. The fourth-order valence-electron chi connectivity index (χ4n) is 1.48. The van der Waals surface area contributed by atoms with Gasteiger partial charge in [-0.25, -0.2) is 0 Å². The lowest BCUT2D eigenvalue weighted by atomic mass is 10.2. The van der Waals surface area contributed by atoms with E-state index in [-0.39, 0.29) is 0 Å². The van der Waals surface area contributed by atoms with Crippen molar-refractivity contribution in [1.82, 2.24) is 10.2 Å². The molecule has 3 heteroatoms. The second kappa shape index (κ2) is 2.29. The van der Waals surface area contributed by atoms with Crippen molar-refractivity contribution in [2.75, 3.05) is 0 Å². The Morgan fingerprint density at radius 2 is 1.92 bits per heavy atom. The summed E-state index contributed by atoms with van der Waals surface area (Å²) >= 11 is 0. The Morgan fingerprint density at radius 3 is 2.92 bits per heavy atom. The number of aromatic nitrogens is 2. The molecular weight excluding hydrogens is 164 g/mol. The third-order valence-corrected chi connectivity index (χ3v) is 2.07. The third-order valence-electron chi connectivity index (χ3n) is 2.07. The van der Waals surface area contributed by atoms with Gasteiger partial charge in [0.1, 0.15) is 5.58 Å². The molecule has 3 aromatic rings. The fourth-order valence-corrected chi connectivity index (χ4v) is 1.48. The van der Waals surface area contributed by atoms with Gasteiger partial charge in [0, 0.05) is 5.39 Å². The maximum absolute atomic E-state index is 5.48. The summed E-state index contributed by atoms with van der Waals surface area (Å²) in [5.41, 5.74) is 1.46. The molecule has 0 unspecified atom stereocenters. The van der Waals surface area contributed by atoms with Gasteiger partial charge in [-0.15, -0.1) is 5.10 Å². The molecule has 0 amide bonds. The van der Waals surface area contributed by atoms with Gasteiger partial charge in [-0.1, -0.05) is 18.2 Å². The highest BCUT2D eigenvalue weighted by atomic mass is 16.3. The number of nitrogens with zero attached hydrogens (tertiary/aromatic N) is 2. The number of benzene rings is 1. The quantitative estimate of drug-likeness (QED) is 0.520. The molecular formula is C10H6N2O. The first-order chi connectivity index (χ1) is 6.45. The number of hydrogen-bond donors (Lipinski definition) is 0. The summed E-state index contributed by atoms with van der Waals surface area (Å²) in [5, 5.41) is 9.78. The molecule has 0 radical (unpaired) electrons. The van der Waals surface area contributed by atoms with Crippen molar-refractivity contribution in [3.05, 3.63) is 36.5 Å². The minimum absolute atomic E-state index is 0.601. The van der Waals surface area contributed by atoms with Gasteiger partial charge in [0.2, 0.25) is 5.71 Å². The Bertz CT molecular complexity index is 521. The van der Waals surface area contributed by atoms with E-state index in [1.807, 2.05) is 30.3 Å². The zero-order valence-corrected chi connectivity index (χ0v) is 6.77. The second-order valence-electron chi connectivity index (χ2n) is 2.85.